The van der Waals surface area contributed by atoms with E-state index in [1.165, 1.54) is 7.11 Å². The highest BCUT2D eigenvalue weighted by atomic mass is 16.5. The lowest BCUT2D eigenvalue weighted by atomic mass is 9.97. The molecule has 2 aromatic rings. The van der Waals surface area contributed by atoms with E-state index in [1.54, 1.807) is 42.8 Å². The molecule has 1 saturated carbocycles. The molecule has 1 fully saturated rings. The van der Waals surface area contributed by atoms with Crippen molar-refractivity contribution in [2.75, 3.05) is 7.11 Å². The predicted octanol–water partition coefficient (Wildman–Crippen LogP) is 3.61. The van der Waals surface area contributed by atoms with Gasteiger partial charge >= 0.3 is 5.97 Å². The number of ether oxygens (including phenoxy) is 1. The van der Waals surface area contributed by atoms with Crippen LogP contribution in [0, 0.1) is 19.8 Å². The lowest BCUT2D eigenvalue weighted by molar-refractivity contribution is -0.137. The molecule has 1 aliphatic rings. The van der Waals surface area contributed by atoms with Crippen LogP contribution in [0.2, 0.25) is 0 Å². The molecule has 0 radical (unpaired) electrons. The quantitative estimate of drug-likeness (QED) is 0.500. The van der Waals surface area contributed by atoms with Crippen molar-refractivity contribution in [1.29, 1.82) is 0 Å². The van der Waals surface area contributed by atoms with E-state index in [4.69, 9.17) is 4.74 Å². The molecule has 0 aliphatic heterocycles. The Morgan fingerprint density at radius 1 is 1.26 bits per heavy atom. The number of carbonyl (C=O) groups excluding carboxylic acids is 3. The number of hydrogen-bond acceptors (Lipinski definition) is 5. The molecule has 2 aromatic heterocycles. The summed E-state index contributed by atoms with van der Waals surface area (Å²) in [4.78, 5) is 45.1. The standard InChI is InChI=1S/C24H31N3O4/c1-15-20(16(2)26(4)21(15)24(30)31-5)22(28)17(3)27(14-18-9-8-12-25-13-18)23(29)19-10-6-7-11-19/h8-9,12-13,17,19H,6-7,10-11,14H2,1-5H3. The summed E-state index contributed by atoms with van der Waals surface area (Å²) in [5.74, 6) is -0.683. The zero-order valence-corrected chi connectivity index (χ0v) is 19.0. The Balaban J connectivity index is 1.97. The maximum Gasteiger partial charge on any atom is 0.354 e. The normalized spacial score (nSPS) is 15.0. The van der Waals surface area contributed by atoms with E-state index in [0.29, 0.717) is 29.1 Å². The Morgan fingerprint density at radius 3 is 2.52 bits per heavy atom. The summed E-state index contributed by atoms with van der Waals surface area (Å²) in [6, 6.07) is 3.07. The van der Waals surface area contributed by atoms with Gasteiger partial charge in [-0.25, -0.2) is 4.79 Å². The van der Waals surface area contributed by atoms with Gasteiger partial charge in [-0.3, -0.25) is 14.6 Å². The van der Waals surface area contributed by atoms with Crippen LogP contribution in [-0.2, 0) is 23.1 Å². The Bertz CT molecular complexity index is 974. The van der Waals surface area contributed by atoms with Crippen LogP contribution in [0.15, 0.2) is 24.5 Å². The minimum absolute atomic E-state index is 0.0154. The largest absolute Gasteiger partial charge is 0.464 e. The van der Waals surface area contributed by atoms with Crippen molar-refractivity contribution in [3.05, 3.63) is 52.6 Å². The lowest BCUT2D eigenvalue weighted by Crippen LogP contribution is -2.45. The number of nitrogens with zero attached hydrogens (tertiary/aromatic N) is 3. The number of carbonyl (C=O) groups is 3. The maximum atomic E-state index is 13.6. The van der Waals surface area contributed by atoms with E-state index in [2.05, 4.69) is 4.98 Å². The number of pyridine rings is 1. The average Bonchev–Trinajstić information content (AvgIpc) is 3.38. The summed E-state index contributed by atoms with van der Waals surface area (Å²) in [7, 11) is 3.07. The first-order valence-corrected chi connectivity index (χ1v) is 10.8. The molecule has 1 atom stereocenters. The van der Waals surface area contributed by atoms with Gasteiger partial charge in [0.25, 0.3) is 0 Å². The fraction of sp³-hybridized carbons (Fsp3) is 0.500. The molecule has 1 amide bonds. The zero-order valence-electron chi connectivity index (χ0n) is 19.0. The highest BCUT2D eigenvalue weighted by molar-refractivity contribution is 6.06. The summed E-state index contributed by atoms with van der Waals surface area (Å²) in [6.45, 7) is 5.66. The van der Waals surface area contributed by atoms with Crippen LogP contribution in [0.4, 0.5) is 0 Å². The highest BCUT2D eigenvalue weighted by Crippen LogP contribution is 2.30. The minimum Gasteiger partial charge on any atom is -0.464 e. The predicted molar refractivity (Wildman–Crippen MR) is 117 cm³/mol. The van der Waals surface area contributed by atoms with Crippen LogP contribution < -0.4 is 0 Å². The summed E-state index contributed by atoms with van der Waals surface area (Å²) in [5.41, 5.74) is 2.98. The second-order valence-electron chi connectivity index (χ2n) is 8.33. The van der Waals surface area contributed by atoms with E-state index in [0.717, 1.165) is 31.2 Å². The molecule has 0 bridgehead atoms. The van der Waals surface area contributed by atoms with Crippen LogP contribution in [0.1, 0.15) is 70.3 Å². The molecule has 7 nitrogen and oxygen atoms in total. The molecule has 1 aliphatic carbocycles. The second-order valence-corrected chi connectivity index (χ2v) is 8.33. The summed E-state index contributed by atoms with van der Waals surface area (Å²) in [6.07, 6.45) is 7.21. The molecule has 31 heavy (non-hydrogen) atoms. The lowest BCUT2D eigenvalue weighted by Gasteiger charge is -2.31. The van der Waals surface area contributed by atoms with E-state index < -0.39 is 12.0 Å². The molecule has 0 aromatic carbocycles. The third kappa shape index (κ3) is 4.40. The van der Waals surface area contributed by atoms with Crippen molar-refractivity contribution in [2.45, 2.75) is 59.0 Å². The minimum atomic E-state index is -0.668. The Morgan fingerprint density at radius 2 is 1.94 bits per heavy atom. The van der Waals surface area contributed by atoms with Gasteiger partial charge in [-0.05, 0) is 50.8 Å². The topological polar surface area (TPSA) is 81.5 Å². The van der Waals surface area contributed by atoms with Crippen LogP contribution in [0.3, 0.4) is 0 Å². The third-order valence-corrected chi connectivity index (χ3v) is 6.47. The van der Waals surface area contributed by atoms with Gasteiger partial charge < -0.3 is 14.2 Å². The molecular formula is C24H31N3O4. The maximum absolute atomic E-state index is 13.6. The Labute approximate surface area is 183 Å². The van der Waals surface area contributed by atoms with E-state index in [1.807, 2.05) is 19.1 Å². The van der Waals surface area contributed by atoms with Crippen LogP contribution >= 0.6 is 0 Å². The van der Waals surface area contributed by atoms with Gasteiger partial charge in [0.15, 0.2) is 5.78 Å². The smallest absolute Gasteiger partial charge is 0.354 e. The number of methoxy groups -OCH3 is 1. The molecule has 166 valence electrons. The van der Waals surface area contributed by atoms with Gasteiger partial charge in [0.05, 0.1) is 13.2 Å². The number of amides is 1. The fourth-order valence-electron chi connectivity index (χ4n) is 4.58. The number of aromatic nitrogens is 2. The van der Waals surface area contributed by atoms with Gasteiger partial charge in [0.2, 0.25) is 5.91 Å². The van der Waals surface area contributed by atoms with E-state index >= 15 is 0 Å². The molecule has 2 heterocycles. The van der Waals surface area contributed by atoms with E-state index in [9.17, 15) is 14.4 Å². The fourth-order valence-corrected chi connectivity index (χ4v) is 4.58. The molecule has 0 N–H and O–H groups in total. The van der Waals surface area contributed by atoms with Crippen molar-refractivity contribution >= 4 is 17.7 Å². The molecule has 1 unspecified atom stereocenters. The first kappa shape index (κ1) is 22.7. The molecule has 0 saturated heterocycles. The average molecular weight is 426 g/mol. The first-order chi connectivity index (χ1) is 14.8. The molecule has 3 rings (SSSR count). The second kappa shape index (κ2) is 9.45. The van der Waals surface area contributed by atoms with Gasteiger partial charge in [0, 0.05) is 43.2 Å². The monoisotopic (exact) mass is 425 g/mol. The SMILES string of the molecule is COC(=O)c1c(C)c(C(=O)C(C)N(Cc2cccnc2)C(=O)C2CCCC2)c(C)n1C. The van der Waals surface area contributed by atoms with Gasteiger partial charge in [0.1, 0.15) is 5.69 Å². The van der Waals surface area contributed by atoms with Crippen LogP contribution in [0.5, 0.6) is 0 Å². The molecular weight excluding hydrogens is 394 g/mol. The summed E-state index contributed by atoms with van der Waals surface area (Å²) in [5, 5.41) is 0. The number of hydrogen-bond donors (Lipinski definition) is 0. The Hall–Kier alpha value is -2.96. The number of esters is 1. The van der Waals surface area contributed by atoms with Crippen molar-refractivity contribution in [1.82, 2.24) is 14.5 Å². The van der Waals surface area contributed by atoms with Crippen molar-refractivity contribution < 1.29 is 19.1 Å². The van der Waals surface area contributed by atoms with E-state index in [-0.39, 0.29) is 17.6 Å². The number of ketones is 1. The van der Waals surface area contributed by atoms with Gasteiger partial charge in [-0.1, -0.05) is 18.9 Å². The summed E-state index contributed by atoms with van der Waals surface area (Å²) < 4.78 is 6.58. The zero-order chi connectivity index (χ0) is 22.7. The summed E-state index contributed by atoms with van der Waals surface area (Å²) >= 11 is 0. The van der Waals surface area contributed by atoms with Crippen molar-refractivity contribution in [3.8, 4) is 0 Å². The van der Waals surface area contributed by atoms with Gasteiger partial charge in [-0.15, -0.1) is 0 Å². The molecule has 0 spiro atoms. The number of rotatable bonds is 7. The first-order valence-electron chi connectivity index (χ1n) is 10.8. The van der Waals surface area contributed by atoms with Gasteiger partial charge in [-0.2, -0.15) is 0 Å². The molecule has 7 heteroatoms. The third-order valence-electron chi connectivity index (χ3n) is 6.47. The Kier molecular flexibility index (Phi) is 6.93. The van der Waals surface area contributed by atoms with Crippen LogP contribution in [0.25, 0.3) is 0 Å². The number of Topliss-reactive ketones (excluding diaryl/α,β-unsaturated/α-hetero) is 1. The van der Waals surface area contributed by atoms with Crippen molar-refractivity contribution in [3.63, 3.8) is 0 Å². The highest BCUT2D eigenvalue weighted by Gasteiger charge is 2.35. The van der Waals surface area contributed by atoms with Crippen molar-refractivity contribution in [2.24, 2.45) is 13.0 Å². The van der Waals surface area contributed by atoms with Crippen LogP contribution in [-0.4, -0.2) is 45.3 Å².